The van der Waals surface area contributed by atoms with E-state index in [2.05, 4.69) is 31.6 Å². The molecule has 7 rings (SSSR count). The van der Waals surface area contributed by atoms with E-state index >= 15 is 0 Å². The number of pyridine rings is 1. The molecule has 0 unspecified atom stereocenters. The summed E-state index contributed by atoms with van der Waals surface area (Å²) in [6.45, 7) is 1.38. The minimum absolute atomic E-state index is 0.0169. The van der Waals surface area contributed by atoms with Crippen molar-refractivity contribution in [2.45, 2.75) is 31.8 Å². The molecule has 2 aliphatic rings. The number of hydrogen-bond acceptors (Lipinski definition) is 9. The molecule has 0 atom stereocenters. The summed E-state index contributed by atoms with van der Waals surface area (Å²) in [6, 6.07) is 3.50. The summed E-state index contributed by atoms with van der Waals surface area (Å²) < 4.78 is 24.2. The van der Waals surface area contributed by atoms with Crippen LogP contribution in [0.4, 0.5) is 10.1 Å². The summed E-state index contributed by atoms with van der Waals surface area (Å²) >= 11 is 5.90. The largest absolute Gasteiger partial charge is 0.469 e. The van der Waals surface area contributed by atoms with Gasteiger partial charge in [-0.3, -0.25) is 9.59 Å². The molecule has 1 saturated carbocycles. The molecule has 0 bridgehead atoms. The quantitative estimate of drug-likeness (QED) is 0.275. The number of fused-ring (bicyclic) bond motifs is 2. The summed E-state index contributed by atoms with van der Waals surface area (Å²) in [6.07, 6.45) is 8.61. The lowest BCUT2D eigenvalue weighted by atomic mass is 9.99. The Morgan fingerprint density at radius 3 is 2.85 bits per heavy atom. The Kier molecular flexibility index (Phi) is 6.07. The molecule has 1 aliphatic carbocycles. The van der Waals surface area contributed by atoms with Crippen LogP contribution < -0.4 is 10.2 Å². The van der Waals surface area contributed by atoms with Gasteiger partial charge in [0.25, 0.3) is 5.91 Å². The monoisotopic (exact) mass is 578 g/mol. The zero-order chi connectivity index (χ0) is 28.2. The maximum Gasteiger partial charge on any atom is 0.312 e. The van der Waals surface area contributed by atoms with Crippen molar-refractivity contribution in [2.75, 3.05) is 25.1 Å². The molecule has 0 radical (unpaired) electrons. The summed E-state index contributed by atoms with van der Waals surface area (Å²) in [5.41, 5.74) is 3.94. The molecule has 15 heteroatoms. The Labute approximate surface area is 236 Å². The molecule has 2 fully saturated rings. The average Bonchev–Trinajstić information content (AvgIpc) is 3.34. The van der Waals surface area contributed by atoms with Crippen molar-refractivity contribution < 1.29 is 18.7 Å². The lowest BCUT2D eigenvalue weighted by Crippen LogP contribution is -2.51. The van der Waals surface area contributed by atoms with Crippen LogP contribution in [-0.2, 0) is 22.6 Å². The first kappa shape index (κ1) is 25.4. The number of aromatic nitrogens is 8. The third-order valence-corrected chi connectivity index (χ3v) is 7.70. The van der Waals surface area contributed by atoms with Crippen LogP contribution in [0.2, 0.25) is 5.02 Å². The van der Waals surface area contributed by atoms with Crippen molar-refractivity contribution in [3.8, 4) is 0 Å². The lowest BCUT2D eigenvalue weighted by Gasteiger charge is -2.39. The maximum atomic E-state index is 14.5. The van der Waals surface area contributed by atoms with E-state index in [9.17, 15) is 14.0 Å². The van der Waals surface area contributed by atoms with Crippen molar-refractivity contribution in [1.29, 1.82) is 0 Å². The van der Waals surface area contributed by atoms with Crippen LogP contribution in [-0.4, -0.2) is 71.1 Å². The van der Waals surface area contributed by atoms with Crippen molar-refractivity contribution in [1.82, 2.24) is 44.3 Å². The third kappa shape index (κ3) is 4.63. The molecule has 1 saturated heterocycles. The van der Waals surface area contributed by atoms with Crippen LogP contribution in [0.3, 0.4) is 0 Å². The molecule has 0 spiro atoms. The van der Waals surface area contributed by atoms with Crippen LogP contribution in [0, 0.1) is 11.7 Å². The Balaban J connectivity index is 1.06. The maximum absolute atomic E-state index is 14.5. The van der Waals surface area contributed by atoms with E-state index in [1.807, 2.05) is 6.20 Å². The second kappa shape index (κ2) is 9.80. The van der Waals surface area contributed by atoms with E-state index in [0.717, 1.165) is 24.2 Å². The van der Waals surface area contributed by atoms with Gasteiger partial charge in [0.15, 0.2) is 17.2 Å². The van der Waals surface area contributed by atoms with Crippen molar-refractivity contribution in [3.63, 3.8) is 0 Å². The Bertz CT molecular complexity index is 1820. The number of hydrogen-bond donors (Lipinski definition) is 1. The van der Waals surface area contributed by atoms with E-state index in [1.54, 1.807) is 10.7 Å². The number of esters is 1. The van der Waals surface area contributed by atoms with Crippen molar-refractivity contribution in [3.05, 3.63) is 70.7 Å². The predicted molar refractivity (Wildman–Crippen MR) is 143 cm³/mol. The molecule has 1 aliphatic heterocycles. The predicted octanol–water partition coefficient (Wildman–Crippen LogP) is 2.23. The van der Waals surface area contributed by atoms with Crippen LogP contribution >= 0.6 is 11.6 Å². The van der Waals surface area contributed by atoms with Crippen molar-refractivity contribution in [2.24, 2.45) is 5.92 Å². The lowest BCUT2D eigenvalue weighted by molar-refractivity contribution is -0.146. The Morgan fingerprint density at radius 1 is 1.24 bits per heavy atom. The smallest absolute Gasteiger partial charge is 0.312 e. The zero-order valence-corrected chi connectivity index (χ0v) is 22.6. The molecule has 210 valence electrons. The van der Waals surface area contributed by atoms with Crippen LogP contribution in [0.5, 0.6) is 0 Å². The number of methoxy groups -OCH3 is 1. The first-order chi connectivity index (χ1) is 19.9. The number of amides is 1. The Hall–Kier alpha value is -4.59. The van der Waals surface area contributed by atoms with Gasteiger partial charge in [0, 0.05) is 25.2 Å². The number of imidazole rings is 2. The number of nitrogens with zero attached hydrogens (tertiary/aromatic N) is 9. The van der Waals surface area contributed by atoms with Crippen LogP contribution in [0.1, 0.15) is 46.3 Å². The highest BCUT2D eigenvalue weighted by Crippen LogP contribution is 2.41. The second-order valence-electron chi connectivity index (χ2n) is 10.3. The fourth-order valence-corrected chi connectivity index (χ4v) is 5.17. The number of rotatable bonds is 8. The van der Waals surface area contributed by atoms with Gasteiger partial charge in [-0.05, 0) is 25.0 Å². The highest BCUT2D eigenvalue weighted by atomic mass is 35.5. The van der Waals surface area contributed by atoms with Crippen molar-refractivity contribution >= 4 is 40.3 Å². The molecular formula is C26H24ClFN10O3. The minimum atomic E-state index is -0.603. The van der Waals surface area contributed by atoms with E-state index in [4.69, 9.17) is 26.4 Å². The van der Waals surface area contributed by atoms with Gasteiger partial charge in [0.2, 0.25) is 0 Å². The summed E-state index contributed by atoms with van der Waals surface area (Å²) in [5, 5.41) is 15.5. The number of ether oxygens (including phenoxy) is 1. The molecule has 0 aromatic carbocycles. The summed E-state index contributed by atoms with van der Waals surface area (Å²) in [5.74, 6) is -1.01. The van der Waals surface area contributed by atoms with E-state index in [-0.39, 0.29) is 41.2 Å². The first-order valence-electron chi connectivity index (χ1n) is 13.1. The fourth-order valence-electron chi connectivity index (χ4n) is 5.02. The SMILES string of the molecule is COC(=O)C1CN(c2cc(C3CC3)nn3cc(Cn4cc(C(=O)NCc5ncn6ccc(Cl)c(F)c56)nn4)nc23)C1. The van der Waals surface area contributed by atoms with E-state index in [0.29, 0.717) is 36.0 Å². The highest BCUT2D eigenvalue weighted by Gasteiger charge is 2.36. The molecule has 1 amide bonds. The van der Waals surface area contributed by atoms with Gasteiger partial charge in [0.1, 0.15) is 5.52 Å². The topological polar surface area (TPSA) is 137 Å². The minimum Gasteiger partial charge on any atom is -0.469 e. The van der Waals surface area contributed by atoms with Gasteiger partial charge in [-0.2, -0.15) is 5.10 Å². The van der Waals surface area contributed by atoms with Gasteiger partial charge >= 0.3 is 5.97 Å². The van der Waals surface area contributed by atoms with E-state index in [1.165, 1.54) is 34.8 Å². The fraction of sp³-hybridized carbons (Fsp3) is 0.346. The zero-order valence-electron chi connectivity index (χ0n) is 21.9. The van der Waals surface area contributed by atoms with Gasteiger partial charge in [-0.25, -0.2) is 23.6 Å². The number of nitrogens with one attached hydrogen (secondary N) is 1. The third-order valence-electron chi connectivity index (χ3n) is 7.41. The molecular weight excluding hydrogens is 555 g/mol. The average molecular weight is 579 g/mol. The first-order valence-corrected chi connectivity index (χ1v) is 13.5. The molecule has 13 nitrogen and oxygen atoms in total. The number of halogens is 2. The molecule has 5 aromatic rings. The molecule has 1 N–H and O–H groups in total. The van der Waals surface area contributed by atoms with Crippen LogP contribution in [0.15, 0.2) is 37.1 Å². The van der Waals surface area contributed by atoms with E-state index < -0.39 is 11.7 Å². The van der Waals surface area contributed by atoms with Gasteiger partial charge < -0.3 is 19.4 Å². The highest BCUT2D eigenvalue weighted by molar-refractivity contribution is 6.31. The van der Waals surface area contributed by atoms with Gasteiger partial charge in [0.05, 0.1) is 72.6 Å². The molecule has 41 heavy (non-hydrogen) atoms. The number of carbonyl (C=O) groups excluding carboxylic acids is 2. The number of carbonyl (C=O) groups is 2. The number of anilines is 1. The molecule has 5 aromatic heterocycles. The summed E-state index contributed by atoms with van der Waals surface area (Å²) in [4.78, 5) is 35.7. The molecule has 6 heterocycles. The standard InChI is InChI=1S/C26H24ClFN10O3/c1-41-26(40)15-8-36(9-15)21-6-18(14-2-3-14)33-38-11-16(31-24(21)38)10-37-12-20(32-34-37)25(39)29-7-19-23-22(28)17(27)4-5-35(23)13-30-19/h4-6,11-15H,2-3,7-10H2,1H3,(H,29,39). The Morgan fingerprint density at radius 2 is 2.07 bits per heavy atom. The van der Waals surface area contributed by atoms with Gasteiger partial charge in [-0.1, -0.05) is 16.8 Å². The van der Waals surface area contributed by atoms with Crippen LogP contribution in [0.25, 0.3) is 11.2 Å². The second-order valence-corrected chi connectivity index (χ2v) is 10.7. The normalized spacial score (nSPS) is 15.4. The van der Waals surface area contributed by atoms with Gasteiger partial charge in [-0.15, -0.1) is 5.10 Å². The summed E-state index contributed by atoms with van der Waals surface area (Å²) in [7, 11) is 1.40.